The van der Waals surface area contributed by atoms with Gasteiger partial charge in [-0.2, -0.15) is 0 Å². The molecule has 0 aliphatic heterocycles. The molecule has 0 aromatic heterocycles. The Morgan fingerprint density at radius 3 is 2.36 bits per heavy atom. The van der Waals surface area contributed by atoms with Gasteiger partial charge < -0.3 is 5.11 Å². The van der Waals surface area contributed by atoms with E-state index in [2.05, 4.69) is 27.4 Å². The summed E-state index contributed by atoms with van der Waals surface area (Å²) >= 11 is 0. The zero-order chi connectivity index (χ0) is 10.5. The summed E-state index contributed by atoms with van der Waals surface area (Å²) in [5.41, 5.74) is 1.72. The quantitative estimate of drug-likeness (QED) is 0.588. The highest BCUT2D eigenvalue weighted by Crippen LogP contribution is 2.52. The summed E-state index contributed by atoms with van der Waals surface area (Å²) in [4.78, 5) is 0. The third-order valence-corrected chi connectivity index (χ3v) is 4.32. The molecule has 80 valence electrons. The largest absolute Gasteiger partial charge is 0.392 e. The molecule has 0 amide bonds. The lowest BCUT2D eigenvalue weighted by Crippen LogP contribution is -2.30. The smallest absolute Gasteiger partial charge is 0.0611 e. The molecule has 0 aromatic rings. The third kappa shape index (κ3) is 1.52. The minimum atomic E-state index is -0.0974. The molecule has 14 heavy (non-hydrogen) atoms. The molecule has 0 heterocycles. The number of rotatable bonds is 0. The Kier molecular flexibility index (Phi) is 2.26. The van der Waals surface area contributed by atoms with Crippen LogP contribution >= 0.6 is 0 Å². The Labute approximate surface area is 87.2 Å². The predicted molar refractivity (Wildman–Crippen MR) is 58.9 cm³/mol. The molecule has 2 aliphatic rings. The molecule has 0 spiro atoms. The summed E-state index contributed by atoms with van der Waals surface area (Å²) in [6.07, 6.45) is 3.27. The minimum Gasteiger partial charge on any atom is -0.392 e. The first-order valence-electron chi connectivity index (χ1n) is 5.76. The van der Waals surface area contributed by atoms with Crippen molar-refractivity contribution >= 4 is 0 Å². The van der Waals surface area contributed by atoms with E-state index in [1.165, 1.54) is 12.0 Å². The lowest BCUT2D eigenvalue weighted by Gasteiger charge is -2.38. The van der Waals surface area contributed by atoms with Gasteiger partial charge in [-0.3, -0.25) is 0 Å². The van der Waals surface area contributed by atoms with Gasteiger partial charge in [-0.05, 0) is 36.5 Å². The summed E-state index contributed by atoms with van der Waals surface area (Å²) in [7, 11) is 0. The second-order valence-electron chi connectivity index (χ2n) is 6.22. The zero-order valence-electron chi connectivity index (χ0n) is 9.59. The summed E-state index contributed by atoms with van der Waals surface area (Å²) in [6.45, 7) is 11.1. The van der Waals surface area contributed by atoms with E-state index in [1.807, 2.05) is 0 Å². The maximum Gasteiger partial charge on any atom is 0.0611 e. The molecule has 4 atom stereocenters. The van der Waals surface area contributed by atoms with Crippen LogP contribution in [0.1, 0.15) is 40.0 Å². The number of aliphatic hydroxyl groups is 1. The fourth-order valence-electron chi connectivity index (χ4n) is 3.17. The molecule has 1 nitrogen and oxygen atoms in total. The van der Waals surface area contributed by atoms with Crippen LogP contribution in [0.3, 0.4) is 0 Å². The van der Waals surface area contributed by atoms with Crippen molar-refractivity contribution in [2.75, 3.05) is 0 Å². The van der Waals surface area contributed by atoms with Gasteiger partial charge in [-0.25, -0.2) is 0 Å². The molecule has 2 aliphatic carbocycles. The van der Waals surface area contributed by atoms with Gasteiger partial charge in [-0.1, -0.05) is 32.9 Å². The van der Waals surface area contributed by atoms with Gasteiger partial charge >= 0.3 is 0 Å². The second-order valence-corrected chi connectivity index (χ2v) is 6.22. The van der Waals surface area contributed by atoms with E-state index < -0.39 is 0 Å². The average molecular weight is 194 g/mol. The Bertz CT molecular complexity index is 248. The summed E-state index contributed by atoms with van der Waals surface area (Å²) < 4.78 is 0. The molecule has 2 saturated carbocycles. The van der Waals surface area contributed by atoms with Crippen LogP contribution in [-0.4, -0.2) is 11.2 Å². The first-order valence-corrected chi connectivity index (χ1v) is 5.76. The van der Waals surface area contributed by atoms with Gasteiger partial charge in [0.15, 0.2) is 0 Å². The molecule has 0 unspecified atom stereocenters. The van der Waals surface area contributed by atoms with Gasteiger partial charge in [0.05, 0.1) is 6.10 Å². The van der Waals surface area contributed by atoms with Crippen LogP contribution in [0, 0.1) is 23.2 Å². The van der Waals surface area contributed by atoms with E-state index >= 15 is 0 Å². The van der Waals surface area contributed by atoms with Crippen molar-refractivity contribution in [2.24, 2.45) is 23.2 Å². The Morgan fingerprint density at radius 2 is 1.86 bits per heavy atom. The minimum absolute atomic E-state index is 0.0974. The van der Waals surface area contributed by atoms with E-state index in [0.29, 0.717) is 17.3 Å². The van der Waals surface area contributed by atoms with Crippen LogP contribution in [0.15, 0.2) is 12.2 Å². The molecule has 0 saturated heterocycles. The van der Waals surface area contributed by atoms with Gasteiger partial charge in [0, 0.05) is 5.92 Å². The van der Waals surface area contributed by atoms with E-state index in [0.717, 1.165) is 18.8 Å². The third-order valence-electron chi connectivity index (χ3n) is 4.32. The highest BCUT2D eigenvalue weighted by molar-refractivity contribution is 5.18. The van der Waals surface area contributed by atoms with E-state index in [-0.39, 0.29) is 6.10 Å². The van der Waals surface area contributed by atoms with Gasteiger partial charge in [0.1, 0.15) is 0 Å². The topological polar surface area (TPSA) is 20.2 Å². The standard InChI is InChI=1S/C13H22O/c1-8-9-5-10(13(2,3)4)7-11(8)12(14)6-9/h9-12,14H,1,5-7H2,2-4H3/t9-,10+,11-,12-/m0/s1. The summed E-state index contributed by atoms with van der Waals surface area (Å²) in [6, 6.07) is 0. The van der Waals surface area contributed by atoms with E-state index in [1.54, 1.807) is 0 Å². The molecule has 0 aromatic carbocycles. The maximum absolute atomic E-state index is 9.89. The molecule has 2 bridgehead atoms. The Balaban J connectivity index is 2.15. The predicted octanol–water partition coefficient (Wildman–Crippen LogP) is 3.00. The highest BCUT2D eigenvalue weighted by Gasteiger charge is 2.45. The van der Waals surface area contributed by atoms with Gasteiger partial charge in [0.25, 0.3) is 0 Å². The van der Waals surface area contributed by atoms with Crippen molar-refractivity contribution in [1.29, 1.82) is 0 Å². The number of fused-ring (bicyclic) bond motifs is 2. The Hall–Kier alpha value is -0.300. The fraction of sp³-hybridized carbons (Fsp3) is 0.846. The van der Waals surface area contributed by atoms with Gasteiger partial charge in [-0.15, -0.1) is 0 Å². The zero-order valence-corrected chi connectivity index (χ0v) is 9.59. The second kappa shape index (κ2) is 3.10. The van der Waals surface area contributed by atoms with Crippen molar-refractivity contribution in [1.82, 2.24) is 0 Å². The Morgan fingerprint density at radius 1 is 1.21 bits per heavy atom. The van der Waals surface area contributed by atoms with Crippen molar-refractivity contribution in [2.45, 2.75) is 46.1 Å². The van der Waals surface area contributed by atoms with E-state index in [4.69, 9.17) is 0 Å². The molecular formula is C13H22O. The molecule has 0 radical (unpaired) electrons. The summed E-state index contributed by atoms with van der Waals surface area (Å²) in [5.74, 6) is 1.77. The molecule has 2 rings (SSSR count). The SMILES string of the molecule is C=C1[C@H]2C[C@@H](C(C)(C)C)C[C@@H]1[C@@H](O)C2. The maximum atomic E-state index is 9.89. The number of hydrogen-bond acceptors (Lipinski definition) is 1. The first kappa shape index (κ1) is 10.2. The number of aliphatic hydroxyl groups excluding tert-OH is 1. The monoisotopic (exact) mass is 194 g/mol. The first-order chi connectivity index (χ1) is 6.39. The van der Waals surface area contributed by atoms with Crippen LogP contribution < -0.4 is 0 Å². The van der Waals surface area contributed by atoms with Crippen molar-refractivity contribution < 1.29 is 5.11 Å². The lowest BCUT2D eigenvalue weighted by atomic mass is 9.67. The van der Waals surface area contributed by atoms with Crippen LogP contribution in [0.5, 0.6) is 0 Å². The van der Waals surface area contributed by atoms with E-state index in [9.17, 15) is 5.11 Å². The molecule has 1 heteroatoms. The lowest BCUT2D eigenvalue weighted by molar-refractivity contribution is 0.114. The van der Waals surface area contributed by atoms with Crippen LogP contribution in [-0.2, 0) is 0 Å². The fourth-order valence-corrected chi connectivity index (χ4v) is 3.17. The van der Waals surface area contributed by atoms with Crippen molar-refractivity contribution in [3.63, 3.8) is 0 Å². The van der Waals surface area contributed by atoms with Crippen molar-refractivity contribution in [3.05, 3.63) is 12.2 Å². The molecule has 1 N–H and O–H groups in total. The average Bonchev–Trinajstić information content (AvgIpc) is 2.26. The molecular weight excluding hydrogens is 172 g/mol. The van der Waals surface area contributed by atoms with Crippen LogP contribution in [0.2, 0.25) is 0 Å². The van der Waals surface area contributed by atoms with Crippen molar-refractivity contribution in [3.8, 4) is 0 Å². The van der Waals surface area contributed by atoms with Gasteiger partial charge in [0.2, 0.25) is 0 Å². The highest BCUT2D eigenvalue weighted by atomic mass is 16.3. The number of hydrogen-bond donors (Lipinski definition) is 1. The molecule has 2 fully saturated rings. The van der Waals surface area contributed by atoms with Crippen LogP contribution in [0.4, 0.5) is 0 Å². The van der Waals surface area contributed by atoms with Crippen LogP contribution in [0.25, 0.3) is 0 Å². The normalized spacial score (nSPS) is 43.0. The summed E-state index contributed by atoms with van der Waals surface area (Å²) in [5, 5.41) is 9.89.